The van der Waals surface area contributed by atoms with Crippen molar-refractivity contribution in [1.29, 1.82) is 0 Å². The molecule has 1 saturated heterocycles. The normalized spacial score (nSPS) is 14.5. The number of rotatable bonds is 9. The van der Waals surface area contributed by atoms with E-state index in [-0.39, 0.29) is 5.91 Å². The lowest BCUT2D eigenvalue weighted by Crippen LogP contribution is -2.42. The Bertz CT molecular complexity index is 935. The average Bonchev–Trinajstić information content (AvgIpc) is 3.33. The molecule has 0 spiro atoms. The monoisotopic (exact) mass is 418 g/mol. The molecule has 1 aliphatic heterocycles. The number of aromatic nitrogens is 1. The van der Waals surface area contributed by atoms with Crippen molar-refractivity contribution < 1.29 is 9.32 Å². The predicted molar refractivity (Wildman–Crippen MR) is 123 cm³/mol. The maximum Gasteiger partial charge on any atom is 0.224 e. The van der Waals surface area contributed by atoms with Crippen LogP contribution < -0.4 is 15.5 Å². The third kappa shape index (κ3) is 6.43. The molecule has 31 heavy (non-hydrogen) atoms. The van der Waals surface area contributed by atoms with Crippen molar-refractivity contribution in [1.82, 2.24) is 10.5 Å². The molecule has 1 aromatic heterocycles. The van der Waals surface area contributed by atoms with Crippen LogP contribution in [0.3, 0.4) is 0 Å². The molecule has 1 fully saturated rings. The summed E-state index contributed by atoms with van der Waals surface area (Å²) in [6, 6.07) is 20.9. The zero-order valence-corrected chi connectivity index (χ0v) is 17.8. The highest BCUT2D eigenvalue weighted by Gasteiger charge is 2.19. The number of piperidine rings is 1. The number of nitrogens with zero attached hydrogens (tertiary/aromatic N) is 2. The first-order valence-corrected chi connectivity index (χ1v) is 11.1. The van der Waals surface area contributed by atoms with E-state index in [1.165, 1.54) is 5.56 Å². The molecule has 0 atom stereocenters. The molecular formula is C25H30N4O2. The second-order valence-electron chi connectivity index (χ2n) is 8.07. The van der Waals surface area contributed by atoms with E-state index in [1.807, 2.05) is 36.4 Å². The number of anilines is 2. The minimum Gasteiger partial charge on any atom is -0.371 e. The molecule has 6 heteroatoms. The number of hydrogen-bond acceptors (Lipinski definition) is 5. The van der Waals surface area contributed by atoms with Gasteiger partial charge in [0.15, 0.2) is 0 Å². The van der Waals surface area contributed by atoms with Crippen molar-refractivity contribution in [2.75, 3.05) is 23.3 Å². The first-order valence-electron chi connectivity index (χ1n) is 11.1. The number of hydrogen-bond donors (Lipinski definition) is 2. The number of nitrogens with one attached hydrogen (secondary N) is 2. The van der Waals surface area contributed by atoms with E-state index in [4.69, 9.17) is 4.52 Å². The number of aryl methyl sites for hydroxylation is 1. The van der Waals surface area contributed by atoms with Crippen molar-refractivity contribution in [2.45, 2.75) is 44.7 Å². The van der Waals surface area contributed by atoms with Gasteiger partial charge in [-0.25, -0.2) is 0 Å². The number of benzene rings is 2. The van der Waals surface area contributed by atoms with Gasteiger partial charge in [-0.3, -0.25) is 4.79 Å². The van der Waals surface area contributed by atoms with Crippen molar-refractivity contribution >= 4 is 17.3 Å². The number of carbonyl (C=O) groups excluding carboxylic acids is 1. The molecule has 2 heterocycles. The Morgan fingerprint density at radius 1 is 1.06 bits per heavy atom. The summed E-state index contributed by atoms with van der Waals surface area (Å²) < 4.78 is 4.88. The highest BCUT2D eigenvalue weighted by molar-refractivity contribution is 5.91. The van der Waals surface area contributed by atoms with Crippen LogP contribution in [0.15, 0.2) is 71.4 Å². The van der Waals surface area contributed by atoms with Gasteiger partial charge in [-0.2, -0.15) is 0 Å². The zero-order chi connectivity index (χ0) is 21.3. The molecule has 3 aromatic rings. The van der Waals surface area contributed by atoms with Crippen LogP contribution in [0.5, 0.6) is 0 Å². The maximum absolute atomic E-state index is 12.4. The van der Waals surface area contributed by atoms with Gasteiger partial charge in [0.25, 0.3) is 0 Å². The number of amides is 1. The van der Waals surface area contributed by atoms with Crippen molar-refractivity contribution in [3.8, 4) is 0 Å². The summed E-state index contributed by atoms with van der Waals surface area (Å²) in [6.07, 6.45) is 6.07. The summed E-state index contributed by atoms with van der Waals surface area (Å²) in [7, 11) is 0. The van der Waals surface area contributed by atoms with E-state index in [2.05, 4.69) is 45.0 Å². The fourth-order valence-electron chi connectivity index (χ4n) is 4.02. The minimum absolute atomic E-state index is 0.0730. The number of carbonyl (C=O) groups is 1. The summed E-state index contributed by atoms with van der Waals surface area (Å²) in [5, 5.41) is 10.6. The van der Waals surface area contributed by atoms with Crippen LogP contribution in [0.2, 0.25) is 0 Å². The van der Waals surface area contributed by atoms with E-state index in [0.717, 1.165) is 62.4 Å². The van der Waals surface area contributed by atoms with Crippen LogP contribution in [-0.4, -0.2) is 30.2 Å². The Kier molecular flexibility index (Phi) is 7.34. The standard InChI is InChI=1S/C25H30N4O2/c30-25(11-4-8-20-6-2-1-3-7-20)27-22-9-5-10-24(18-22)29-15-12-21(13-16-29)26-19-23-14-17-31-28-23/h1-3,5-7,9-10,14,17-18,21,26H,4,8,11-13,15-16,19H2,(H,27,30). The lowest BCUT2D eigenvalue weighted by molar-refractivity contribution is -0.116. The predicted octanol–water partition coefficient (Wildman–Crippen LogP) is 4.39. The second-order valence-corrected chi connectivity index (χ2v) is 8.07. The van der Waals surface area contributed by atoms with E-state index >= 15 is 0 Å². The Balaban J connectivity index is 1.21. The Labute approximate surface area is 183 Å². The fraction of sp³-hybridized carbons (Fsp3) is 0.360. The van der Waals surface area contributed by atoms with Gasteiger partial charge in [-0.05, 0) is 49.4 Å². The molecule has 1 amide bonds. The largest absolute Gasteiger partial charge is 0.371 e. The van der Waals surface area contributed by atoms with E-state index in [9.17, 15) is 4.79 Å². The summed E-state index contributed by atoms with van der Waals surface area (Å²) in [4.78, 5) is 14.7. The fourth-order valence-corrected chi connectivity index (χ4v) is 4.02. The summed E-state index contributed by atoms with van der Waals surface area (Å²) in [5.41, 5.74) is 4.25. The molecule has 2 N–H and O–H groups in total. The highest BCUT2D eigenvalue weighted by atomic mass is 16.5. The lowest BCUT2D eigenvalue weighted by atomic mass is 10.0. The molecule has 0 saturated carbocycles. The lowest BCUT2D eigenvalue weighted by Gasteiger charge is -2.34. The molecule has 162 valence electrons. The minimum atomic E-state index is 0.0730. The van der Waals surface area contributed by atoms with Crippen LogP contribution in [0, 0.1) is 0 Å². The Morgan fingerprint density at radius 2 is 1.90 bits per heavy atom. The van der Waals surface area contributed by atoms with Gasteiger partial charge >= 0.3 is 0 Å². The summed E-state index contributed by atoms with van der Waals surface area (Å²) in [5.74, 6) is 0.0730. The molecule has 2 aromatic carbocycles. The maximum atomic E-state index is 12.4. The highest BCUT2D eigenvalue weighted by Crippen LogP contribution is 2.23. The Hall–Kier alpha value is -3.12. The smallest absolute Gasteiger partial charge is 0.224 e. The van der Waals surface area contributed by atoms with Crippen LogP contribution in [0.25, 0.3) is 0 Å². The first kappa shape index (κ1) is 21.1. The topological polar surface area (TPSA) is 70.4 Å². The quantitative estimate of drug-likeness (QED) is 0.539. The van der Waals surface area contributed by atoms with Crippen molar-refractivity contribution in [3.05, 3.63) is 78.2 Å². The van der Waals surface area contributed by atoms with E-state index < -0.39 is 0 Å². The van der Waals surface area contributed by atoms with Gasteiger partial charge < -0.3 is 20.1 Å². The van der Waals surface area contributed by atoms with Gasteiger partial charge in [-0.1, -0.05) is 41.6 Å². The van der Waals surface area contributed by atoms with Crippen LogP contribution in [-0.2, 0) is 17.8 Å². The molecule has 4 rings (SSSR count). The molecule has 0 aliphatic carbocycles. The van der Waals surface area contributed by atoms with Crippen molar-refractivity contribution in [2.24, 2.45) is 0 Å². The molecule has 0 unspecified atom stereocenters. The molecule has 0 bridgehead atoms. The van der Waals surface area contributed by atoms with Crippen LogP contribution in [0.4, 0.5) is 11.4 Å². The Morgan fingerprint density at radius 3 is 2.68 bits per heavy atom. The molecule has 1 aliphatic rings. The van der Waals surface area contributed by atoms with Gasteiger partial charge in [0.2, 0.25) is 5.91 Å². The third-order valence-electron chi connectivity index (χ3n) is 5.77. The van der Waals surface area contributed by atoms with E-state index in [1.54, 1.807) is 6.26 Å². The summed E-state index contributed by atoms with van der Waals surface area (Å²) in [6.45, 7) is 2.73. The third-order valence-corrected chi connectivity index (χ3v) is 5.77. The van der Waals surface area contributed by atoms with E-state index in [0.29, 0.717) is 12.5 Å². The van der Waals surface area contributed by atoms with Gasteiger partial charge in [-0.15, -0.1) is 0 Å². The van der Waals surface area contributed by atoms with Gasteiger partial charge in [0.1, 0.15) is 6.26 Å². The molecular weight excluding hydrogens is 388 g/mol. The summed E-state index contributed by atoms with van der Waals surface area (Å²) >= 11 is 0. The average molecular weight is 419 g/mol. The van der Waals surface area contributed by atoms with Gasteiger partial charge in [0, 0.05) is 49.5 Å². The first-order chi connectivity index (χ1) is 15.3. The van der Waals surface area contributed by atoms with Crippen LogP contribution in [0.1, 0.15) is 36.9 Å². The SMILES string of the molecule is O=C(CCCc1ccccc1)Nc1cccc(N2CCC(NCc3ccon3)CC2)c1. The zero-order valence-electron chi connectivity index (χ0n) is 17.8. The van der Waals surface area contributed by atoms with Crippen molar-refractivity contribution in [3.63, 3.8) is 0 Å². The molecule has 0 radical (unpaired) electrons. The van der Waals surface area contributed by atoms with Crippen LogP contribution >= 0.6 is 0 Å². The second kappa shape index (κ2) is 10.8. The van der Waals surface area contributed by atoms with Gasteiger partial charge in [0.05, 0.1) is 5.69 Å². The molecule has 6 nitrogen and oxygen atoms in total.